The quantitative estimate of drug-likeness (QED) is 0.155. The lowest BCUT2D eigenvalue weighted by Crippen LogP contribution is -2.00. The highest BCUT2D eigenvalue weighted by Crippen LogP contribution is 2.44. The minimum Gasteiger partial charge on any atom is -0.508 e. The second-order valence-corrected chi connectivity index (χ2v) is 13.8. The Labute approximate surface area is 286 Å². The summed E-state index contributed by atoms with van der Waals surface area (Å²) in [6, 6.07) is 24.5. The van der Waals surface area contributed by atoms with Gasteiger partial charge in [-0.3, -0.25) is 20.0 Å². The van der Waals surface area contributed by atoms with E-state index < -0.39 is 0 Å². The summed E-state index contributed by atoms with van der Waals surface area (Å²) < 4.78 is 0. The number of rotatable bonds is 10. The van der Waals surface area contributed by atoms with Gasteiger partial charge in [-0.15, -0.1) is 0 Å². The van der Waals surface area contributed by atoms with Gasteiger partial charge >= 0.3 is 0 Å². The first kappa shape index (κ1) is 34.4. The number of hydrogen-bond donors (Lipinski definition) is 1. The fourth-order valence-electron chi connectivity index (χ4n) is 6.19. The van der Waals surface area contributed by atoms with Crippen LogP contribution < -0.4 is 0 Å². The van der Waals surface area contributed by atoms with Crippen LogP contribution in [-0.4, -0.2) is 27.5 Å². The Balaban J connectivity index is 1.68. The molecule has 5 rings (SSSR count). The molecule has 0 spiro atoms. The Kier molecular flexibility index (Phi) is 10.7. The summed E-state index contributed by atoms with van der Waals surface area (Å²) in [6.07, 6.45) is 7.29. The van der Waals surface area contributed by atoms with Crippen molar-refractivity contribution < 1.29 is 5.11 Å². The maximum absolute atomic E-state index is 11.2. The summed E-state index contributed by atoms with van der Waals surface area (Å²) in [6.45, 7) is 19.9. The van der Waals surface area contributed by atoms with Crippen molar-refractivity contribution in [2.24, 2.45) is 9.98 Å². The number of nitrogens with zero attached hydrogens (tertiary/aromatic N) is 4. The van der Waals surface area contributed by atoms with Gasteiger partial charge in [-0.2, -0.15) is 0 Å². The molecule has 0 bridgehead atoms. The highest BCUT2D eigenvalue weighted by Gasteiger charge is 2.21. The van der Waals surface area contributed by atoms with Crippen LogP contribution in [-0.2, 0) is 0 Å². The third-order valence-electron chi connectivity index (χ3n) is 8.87. The summed E-state index contributed by atoms with van der Waals surface area (Å²) in [4.78, 5) is 18.9. The van der Waals surface area contributed by atoms with Crippen LogP contribution in [0.15, 0.2) is 95.2 Å². The molecule has 5 aromatic rings. The van der Waals surface area contributed by atoms with Crippen LogP contribution in [0.2, 0.25) is 0 Å². The lowest BCUT2D eigenvalue weighted by molar-refractivity contribution is 0.475. The van der Waals surface area contributed by atoms with E-state index in [1.165, 1.54) is 22.3 Å². The number of benzene rings is 3. The van der Waals surface area contributed by atoms with Gasteiger partial charge in [0.25, 0.3) is 0 Å². The van der Waals surface area contributed by atoms with E-state index in [1.54, 1.807) is 12.4 Å². The number of phenolic OH excluding ortho intramolecular Hbond substituents is 1. The minimum atomic E-state index is 0.245. The van der Waals surface area contributed by atoms with Crippen LogP contribution in [0.25, 0.3) is 22.3 Å². The Hall–Kier alpha value is -4.90. The van der Waals surface area contributed by atoms with Gasteiger partial charge in [0, 0.05) is 12.4 Å². The molecule has 0 saturated carbocycles. The van der Waals surface area contributed by atoms with Gasteiger partial charge in [0.05, 0.1) is 35.2 Å². The Bertz CT molecular complexity index is 1740. The number of aromatic hydroxyl groups is 1. The van der Waals surface area contributed by atoms with E-state index in [2.05, 4.69) is 96.5 Å². The third-order valence-corrected chi connectivity index (χ3v) is 8.87. The summed E-state index contributed by atoms with van der Waals surface area (Å²) in [7, 11) is 0. The van der Waals surface area contributed by atoms with Gasteiger partial charge in [-0.05, 0) is 141 Å². The molecule has 0 saturated heterocycles. The van der Waals surface area contributed by atoms with Crippen molar-refractivity contribution in [3.05, 3.63) is 124 Å². The van der Waals surface area contributed by atoms with E-state index in [1.807, 2.05) is 61.0 Å². The number of aromatic nitrogens is 2. The van der Waals surface area contributed by atoms with E-state index in [4.69, 9.17) is 9.98 Å². The van der Waals surface area contributed by atoms with Crippen LogP contribution in [0.5, 0.6) is 5.75 Å². The molecule has 0 aliphatic carbocycles. The zero-order valence-electron chi connectivity index (χ0n) is 29.8. The lowest BCUT2D eigenvalue weighted by Gasteiger charge is -2.22. The molecule has 0 aliphatic rings. The zero-order chi connectivity index (χ0) is 34.5. The smallest absolute Gasteiger partial charge is 0.116 e. The molecule has 0 atom stereocenters. The fraction of sp³-hybridized carbons (Fsp3) is 0.302. The van der Waals surface area contributed by atoms with Crippen molar-refractivity contribution in [1.82, 2.24) is 9.97 Å². The van der Waals surface area contributed by atoms with Crippen molar-refractivity contribution in [1.29, 1.82) is 0 Å². The number of aliphatic imine (C=N–C) groups is 2. The van der Waals surface area contributed by atoms with E-state index in [9.17, 15) is 5.11 Å². The first-order valence-electron chi connectivity index (χ1n) is 17.0. The van der Waals surface area contributed by atoms with Crippen LogP contribution in [0.4, 0.5) is 11.4 Å². The molecule has 0 unspecified atom stereocenters. The molecule has 3 aromatic carbocycles. The van der Waals surface area contributed by atoms with Gasteiger partial charge in [0.1, 0.15) is 5.75 Å². The maximum Gasteiger partial charge on any atom is 0.116 e. The van der Waals surface area contributed by atoms with Crippen molar-refractivity contribution in [2.45, 2.75) is 86.0 Å². The molecule has 5 nitrogen and oxygen atoms in total. The molecule has 2 heterocycles. The van der Waals surface area contributed by atoms with Crippen molar-refractivity contribution in [3.8, 4) is 28.0 Å². The van der Waals surface area contributed by atoms with Crippen molar-refractivity contribution >= 4 is 23.8 Å². The zero-order valence-corrected chi connectivity index (χ0v) is 29.8. The molecule has 48 heavy (non-hydrogen) atoms. The number of pyridine rings is 2. The predicted molar refractivity (Wildman–Crippen MR) is 203 cm³/mol. The van der Waals surface area contributed by atoms with Crippen molar-refractivity contribution in [2.75, 3.05) is 0 Å². The van der Waals surface area contributed by atoms with Gasteiger partial charge in [0.2, 0.25) is 0 Å². The van der Waals surface area contributed by atoms with Gasteiger partial charge in [-0.25, -0.2) is 0 Å². The molecule has 0 fully saturated rings. The Morgan fingerprint density at radius 3 is 1.19 bits per heavy atom. The molecule has 1 N–H and O–H groups in total. The average Bonchev–Trinajstić information content (AvgIpc) is 3.07. The van der Waals surface area contributed by atoms with Crippen LogP contribution in [0.1, 0.15) is 118 Å². The van der Waals surface area contributed by atoms with Crippen LogP contribution in [0, 0.1) is 6.92 Å². The van der Waals surface area contributed by atoms with Gasteiger partial charge in [0.15, 0.2) is 0 Å². The first-order valence-corrected chi connectivity index (χ1v) is 17.0. The highest BCUT2D eigenvalue weighted by molar-refractivity contribution is 5.86. The minimum absolute atomic E-state index is 0.245. The average molecular weight is 637 g/mol. The molecule has 0 radical (unpaired) electrons. The van der Waals surface area contributed by atoms with Crippen molar-refractivity contribution in [3.63, 3.8) is 0 Å². The monoisotopic (exact) mass is 636 g/mol. The third kappa shape index (κ3) is 7.62. The van der Waals surface area contributed by atoms with Gasteiger partial charge in [-0.1, -0.05) is 67.5 Å². The number of hydrogen-bond acceptors (Lipinski definition) is 5. The fourth-order valence-corrected chi connectivity index (χ4v) is 6.19. The van der Waals surface area contributed by atoms with E-state index in [0.29, 0.717) is 0 Å². The lowest BCUT2D eigenvalue weighted by atomic mass is 9.84. The molecule has 2 aromatic heterocycles. The summed E-state index contributed by atoms with van der Waals surface area (Å²) in [5.41, 5.74) is 13.7. The molecular weight excluding hydrogens is 589 g/mol. The second-order valence-electron chi connectivity index (χ2n) is 13.8. The second kappa shape index (κ2) is 14.9. The van der Waals surface area contributed by atoms with E-state index >= 15 is 0 Å². The molecule has 0 aliphatic heterocycles. The largest absolute Gasteiger partial charge is 0.508 e. The summed E-state index contributed by atoms with van der Waals surface area (Å²) in [5, 5.41) is 11.2. The first-order chi connectivity index (χ1) is 22.9. The molecule has 246 valence electrons. The van der Waals surface area contributed by atoms with E-state index in [0.717, 1.165) is 50.6 Å². The SMILES string of the molecule is Cc1c(-c2cc(C(C)C)c(N=Cc3ccccn3)c(C(C)C)c2)cc(O)cc1-c1cc(C(C)C)c(N=Cc2ccccn2)c(C(C)C)c1. The summed E-state index contributed by atoms with van der Waals surface area (Å²) in [5.74, 6) is 1.23. The molecule has 5 heteroatoms. The van der Waals surface area contributed by atoms with Crippen LogP contribution >= 0.6 is 0 Å². The highest BCUT2D eigenvalue weighted by atomic mass is 16.3. The standard InChI is InChI=1S/C43H48N4O/c1-26(2)36-18-31(19-37(27(3)4)42(36)46-24-33-14-10-12-16-44-33)40-22-35(48)23-41(30(40)9)32-20-38(28(5)6)43(39(21-32)29(7)8)47-25-34-15-11-13-17-45-34/h10-29,48H,1-9H3. The Morgan fingerprint density at radius 1 is 0.542 bits per heavy atom. The Morgan fingerprint density at radius 2 is 0.896 bits per heavy atom. The predicted octanol–water partition coefficient (Wildman–Crippen LogP) is 11.8. The van der Waals surface area contributed by atoms with Gasteiger partial charge < -0.3 is 5.11 Å². The van der Waals surface area contributed by atoms with E-state index in [-0.39, 0.29) is 29.4 Å². The number of phenols is 1. The molecule has 0 amide bonds. The van der Waals surface area contributed by atoms with Crippen LogP contribution in [0.3, 0.4) is 0 Å². The molecular formula is C43H48N4O. The maximum atomic E-state index is 11.2. The topological polar surface area (TPSA) is 70.7 Å². The summed E-state index contributed by atoms with van der Waals surface area (Å²) >= 11 is 0. The normalized spacial score (nSPS) is 12.1.